The molecule has 0 aromatic heterocycles. The molecule has 2 unspecified atom stereocenters. The Morgan fingerprint density at radius 1 is 0.884 bits per heavy atom. The van der Waals surface area contributed by atoms with E-state index in [0.717, 1.165) is 55.2 Å². The second-order valence-corrected chi connectivity index (χ2v) is 15.4. The smallest absolute Gasteiger partial charge is 0.462 e. The lowest BCUT2D eigenvalue weighted by atomic mass is 9.73. The van der Waals surface area contributed by atoms with Crippen molar-refractivity contribution in [1.29, 1.82) is 0 Å². The fourth-order valence-electron chi connectivity index (χ4n) is 5.19. The number of allylic oxidation sites excluding steroid dienone is 3. The number of hydrogen-bond donors (Lipinski definition) is 0. The van der Waals surface area contributed by atoms with Gasteiger partial charge in [-0.05, 0) is 63.1 Å². The van der Waals surface area contributed by atoms with Crippen LogP contribution in [0.25, 0.3) is 0 Å². The van der Waals surface area contributed by atoms with Crippen molar-refractivity contribution in [3.05, 3.63) is 47.1 Å². The molecular formula is C31H52O10P2. The van der Waals surface area contributed by atoms with Crippen LogP contribution in [-0.4, -0.2) is 40.0 Å². The molecule has 0 radical (unpaired) electrons. The van der Waals surface area contributed by atoms with E-state index in [1.807, 2.05) is 19.1 Å². The summed E-state index contributed by atoms with van der Waals surface area (Å²) in [6.07, 6.45) is 7.87. The normalized spacial score (nSPS) is 18.3. The summed E-state index contributed by atoms with van der Waals surface area (Å²) in [5.41, 5.74) is 3.94. The zero-order chi connectivity index (χ0) is 32.6. The van der Waals surface area contributed by atoms with E-state index in [9.17, 15) is 9.13 Å². The fourth-order valence-corrected chi connectivity index (χ4v) is 6.93. The molecule has 2 rings (SSSR count). The van der Waals surface area contributed by atoms with Gasteiger partial charge in [0.2, 0.25) is 11.6 Å². The number of benzene rings is 1. The maximum absolute atomic E-state index is 13.0. The molecule has 0 saturated heterocycles. The summed E-state index contributed by atoms with van der Waals surface area (Å²) >= 11 is 0. The Labute approximate surface area is 258 Å². The third-order valence-corrected chi connectivity index (χ3v) is 10.3. The molecule has 0 N–H and O–H groups in total. The first-order chi connectivity index (χ1) is 20.0. The number of phosphoric ester groups is 2. The number of rotatable bonds is 18. The van der Waals surface area contributed by atoms with Crippen LogP contribution in [0.4, 0.5) is 0 Å². The molecule has 1 aromatic carbocycles. The van der Waals surface area contributed by atoms with Crippen molar-refractivity contribution in [3.8, 4) is 11.5 Å². The molecule has 0 bridgehead atoms. The molecule has 43 heavy (non-hydrogen) atoms. The van der Waals surface area contributed by atoms with Crippen molar-refractivity contribution >= 4 is 15.6 Å². The van der Waals surface area contributed by atoms with E-state index in [2.05, 4.69) is 26.5 Å². The van der Waals surface area contributed by atoms with Gasteiger partial charge in [-0.3, -0.25) is 18.1 Å². The molecule has 1 aromatic rings. The lowest BCUT2D eigenvalue weighted by molar-refractivity contribution is -0.104. The molecule has 246 valence electrons. The Hall–Kier alpha value is -1.48. The average Bonchev–Trinajstić information content (AvgIpc) is 2.91. The molecule has 2 atom stereocenters. The molecule has 0 spiro atoms. The van der Waals surface area contributed by atoms with Crippen molar-refractivity contribution < 1.29 is 45.7 Å². The summed E-state index contributed by atoms with van der Waals surface area (Å²) in [7, 11) is -2.79. The molecule has 0 fully saturated rings. The van der Waals surface area contributed by atoms with Crippen LogP contribution in [0.3, 0.4) is 0 Å². The highest BCUT2D eigenvalue weighted by Gasteiger charge is 2.40. The van der Waals surface area contributed by atoms with Gasteiger partial charge in [0.05, 0.1) is 0 Å². The third kappa shape index (κ3) is 10.8. The molecule has 0 saturated carbocycles. The van der Waals surface area contributed by atoms with Gasteiger partial charge >= 0.3 is 15.6 Å². The minimum atomic E-state index is -3.90. The molecule has 0 amide bonds. The van der Waals surface area contributed by atoms with Crippen LogP contribution in [0.1, 0.15) is 97.6 Å². The molecule has 0 heterocycles. The SMILES string of the molecule is C=C(C)C1CCC(C)=CC1c1c(OC(C)(C)OP(=O)(OC)OC)cc(CCCCC)cc1OC(C)(C)OP(=O)(OC)OC. The monoisotopic (exact) mass is 646 g/mol. The van der Waals surface area contributed by atoms with E-state index in [4.69, 9.17) is 36.6 Å². The summed E-state index contributed by atoms with van der Waals surface area (Å²) in [4.78, 5) is 0. The highest BCUT2D eigenvalue weighted by Crippen LogP contribution is 2.55. The first-order valence-corrected chi connectivity index (χ1v) is 17.6. The molecular weight excluding hydrogens is 594 g/mol. The fraction of sp³-hybridized carbons (Fsp3) is 0.677. The Morgan fingerprint density at radius 2 is 1.35 bits per heavy atom. The zero-order valence-electron chi connectivity index (χ0n) is 27.8. The average molecular weight is 647 g/mol. The van der Waals surface area contributed by atoms with E-state index < -0.39 is 27.2 Å². The Balaban J connectivity index is 2.83. The van der Waals surface area contributed by atoms with Crippen LogP contribution < -0.4 is 9.47 Å². The lowest BCUT2D eigenvalue weighted by Crippen LogP contribution is -2.34. The number of hydrogen-bond acceptors (Lipinski definition) is 10. The minimum Gasteiger partial charge on any atom is -0.462 e. The minimum absolute atomic E-state index is 0.0838. The Kier molecular flexibility index (Phi) is 13.8. The largest absolute Gasteiger partial charge is 0.477 e. The Morgan fingerprint density at radius 3 is 1.74 bits per heavy atom. The van der Waals surface area contributed by atoms with Crippen LogP contribution in [0.5, 0.6) is 11.5 Å². The summed E-state index contributed by atoms with van der Waals surface area (Å²) in [6, 6.07) is 3.95. The number of aryl methyl sites for hydroxylation is 1. The van der Waals surface area contributed by atoms with Gasteiger partial charge < -0.3 is 9.47 Å². The van der Waals surface area contributed by atoms with Crippen molar-refractivity contribution in [2.24, 2.45) is 5.92 Å². The van der Waals surface area contributed by atoms with Gasteiger partial charge in [0.15, 0.2) is 0 Å². The highest BCUT2D eigenvalue weighted by molar-refractivity contribution is 7.48. The molecule has 1 aliphatic rings. The van der Waals surface area contributed by atoms with Gasteiger partial charge in [0, 0.05) is 67.6 Å². The van der Waals surface area contributed by atoms with Crippen LogP contribution in [-0.2, 0) is 42.7 Å². The molecule has 12 heteroatoms. The van der Waals surface area contributed by atoms with Crippen molar-refractivity contribution in [2.45, 2.75) is 104 Å². The summed E-state index contributed by atoms with van der Waals surface area (Å²) in [5.74, 6) is -2.01. The van der Waals surface area contributed by atoms with Crippen LogP contribution in [0.15, 0.2) is 35.9 Å². The third-order valence-electron chi connectivity index (χ3n) is 7.22. The lowest BCUT2D eigenvalue weighted by Gasteiger charge is -2.37. The standard InChI is InChI=1S/C31H52O10P2/c1-13-14-15-16-24-20-27(38-30(5,6)40-42(32,34-9)35-10)29(26-19-23(4)17-18-25(26)22(2)3)28(21-24)39-31(7,8)41-43(33,36-11)37-12/h19-21,25-26H,2,13-18H2,1,3-12H3. The maximum atomic E-state index is 13.0. The zero-order valence-corrected chi connectivity index (χ0v) is 29.6. The van der Waals surface area contributed by atoms with Gasteiger partial charge in [-0.2, -0.15) is 0 Å². The quantitative estimate of drug-likeness (QED) is 0.0662. The van der Waals surface area contributed by atoms with Crippen LogP contribution in [0.2, 0.25) is 0 Å². The highest BCUT2D eigenvalue weighted by atomic mass is 31.2. The van der Waals surface area contributed by atoms with Gasteiger partial charge in [-0.15, -0.1) is 0 Å². The van der Waals surface area contributed by atoms with Gasteiger partial charge in [0.1, 0.15) is 11.5 Å². The summed E-state index contributed by atoms with van der Waals surface area (Å²) < 4.78 is 70.7. The molecule has 10 nitrogen and oxygen atoms in total. The Bertz CT molecular complexity index is 1140. The second kappa shape index (κ2) is 15.7. The van der Waals surface area contributed by atoms with Crippen LogP contribution >= 0.6 is 15.6 Å². The van der Waals surface area contributed by atoms with Gasteiger partial charge in [0.25, 0.3) is 0 Å². The van der Waals surface area contributed by atoms with Gasteiger partial charge in [-0.25, -0.2) is 18.2 Å². The second-order valence-electron chi connectivity index (χ2n) is 11.8. The van der Waals surface area contributed by atoms with E-state index in [1.54, 1.807) is 27.7 Å². The number of phosphoric acid groups is 2. The van der Waals surface area contributed by atoms with Crippen molar-refractivity contribution in [1.82, 2.24) is 0 Å². The van der Waals surface area contributed by atoms with E-state index in [0.29, 0.717) is 11.5 Å². The summed E-state index contributed by atoms with van der Waals surface area (Å²) in [6.45, 7) is 17.1. The first kappa shape index (κ1) is 37.7. The van der Waals surface area contributed by atoms with E-state index in [1.165, 1.54) is 34.0 Å². The predicted octanol–water partition coefficient (Wildman–Crippen LogP) is 9.50. The van der Waals surface area contributed by atoms with E-state index >= 15 is 0 Å². The topological polar surface area (TPSA) is 108 Å². The van der Waals surface area contributed by atoms with Crippen LogP contribution in [0, 0.1) is 5.92 Å². The van der Waals surface area contributed by atoms with E-state index in [-0.39, 0.29) is 11.8 Å². The van der Waals surface area contributed by atoms with Crippen molar-refractivity contribution in [3.63, 3.8) is 0 Å². The first-order valence-electron chi connectivity index (χ1n) is 14.7. The molecule has 0 aliphatic heterocycles. The number of unbranched alkanes of at least 4 members (excludes halogenated alkanes) is 2. The summed E-state index contributed by atoms with van der Waals surface area (Å²) in [5, 5.41) is 0. The maximum Gasteiger partial charge on any atom is 0.477 e. The predicted molar refractivity (Wildman–Crippen MR) is 169 cm³/mol. The van der Waals surface area contributed by atoms with Gasteiger partial charge in [-0.1, -0.05) is 43.6 Å². The number of ether oxygens (including phenoxy) is 2. The molecule has 1 aliphatic carbocycles. The van der Waals surface area contributed by atoms with Crippen molar-refractivity contribution in [2.75, 3.05) is 28.4 Å².